The molecule has 0 aromatic heterocycles. The molecule has 2 atom stereocenters. The molecule has 1 heterocycles. The molecule has 2 rings (SSSR count). The van der Waals surface area contributed by atoms with Gasteiger partial charge in [0, 0.05) is 24.8 Å². The Labute approximate surface area is 97.2 Å². The van der Waals surface area contributed by atoms with Crippen molar-refractivity contribution in [2.75, 3.05) is 18.1 Å². The van der Waals surface area contributed by atoms with Gasteiger partial charge in [0.05, 0.1) is 12.7 Å². The van der Waals surface area contributed by atoms with Crippen LogP contribution in [0, 0.1) is 0 Å². The van der Waals surface area contributed by atoms with Gasteiger partial charge in [-0.25, -0.2) is 0 Å². The van der Waals surface area contributed by atoms with Crippen molar-refractivity contribution in [3.8, 4) is 0 Å². The Hall–Kier alpha value is -1.06. The molecule has 1 aromatic carbocycles. The van der Waals surface area contributed by atoms with Crippen LogP contribution >= 0.6 is 0 Å². The van der Waals surface area contributed by atoms with Crippen LogP contribution in [0.25, 0.3) is 0 Å². The van der Waals surface area contributed by atoms with Crippen molar-refractivity contribution in [3.05, 3.63) is 29.8 Å². The number of rotatable bonds is 2. The van der Waals surface area contributed by atoms with Gasteiger partial charge in [-0.15, -0.1) is 0 Å². The molecule has 3 nitrogen and oxygen atoms in total. The molecule has 2 N–H and O–H groups in total. The molecule has 0 saturated carbocycles. The van der Waals surface area contributed by atoms with Gasteiger partial charge in [-0.3, -0.25) is 0 Å². The van der Waals surface area contributed by atoms with Crippen LogP contribution in [0.15, 0.2) is 24.3 Å². The molecule has 1 aliphatic heterocycles. The second kappa shape index (κ2) is 4.85. The van der Waals surface area contributed by atoms with Crippen molar-refractivity contribution in [1.29, 1.82) is 0 Å². The molecule has 0 aliphatic carbocycles. The zero-order valence-electron chi connectivity index (χ0n) is 10.0. The summed E-state index contributed by atoms with van der Waals surface area (Å²) in [6.07, 6.45) is 0.294. The smallest absolute Gasteiger partial charge is 0.0723 e. The predicted molar refractivity (Wildman–Crippen MR) is 66.6 cm³/mol. The predicted octanol–water partition coefficient (Wildman–Crippen LogP) is 1.76. The van der Waals surface area contributed by atoms with Gasteiger partial charge in [0.1, 0.15) is 0 Å². The molecule has 0 spiro atoms. The summed E-state index contributed by atoms with van der Waals surface area (Å²) in [5.41, 5.74) is 8.25. The number of benzene rings is 1. The van der Waals surface area contributed by atoms with Crippen molar-refractivity contribution in [1.82, 2.24) is 0 Å². The summed E-state index contributed by atoms with van der Waals surface area (Å²) in [6.45, 7) is 6.63. The molecule has 0 radical (unpaired) electrons. The minimum absolute atomic E-state index is 0.294. The largest absolute Gasteiger partial charge is 0.375 e. The molecular weight excluding hydrogens is 200 g/mol. The average molecular weight is 220 g/mol. The van der Waals surface area contributed by atoms with Crippen LogP contribution in [-0.2, 0) is 11.3 Å². The van der Waals surface area contributed by atoms with E-state index in [1.165, 1.54) is 11.3 Å². The Morgan fingerprint density at radius 1 is 1.38 bits per heavy atom. The van der Waals surface area contributed by atoms with E-state index in [1.807, 2.05) is 6.07 Å². The average Bonchev–Trinajstić information content (AvgIpc) is 2.32. The van der Waals surface area contributed by atoms with Crippen molar-refractivity contribution in [2.24, 2.45) is 5.73 Å². The molecule has 1 aliphatic rings. The first-order chi connectivity index (χ1) is 7.72. The van der Waals surface area contributed by atoms with Crippen molar-refractivity contribution in [3.63, 3.8) is 0 Å². The highest BCUT2D eigenvalue weighted by atomic mass is 16.5. The van der Waals surface area contributed by atoms with E-state index in [1.54, 1.807) is 0 Å². The van der Waals surface area contributed by atoms with E-state index in [0.717, 1.165) is 13.2 Å². The number of nitrogens with zero attached hydrogens (tertiary/aromatic N) is 1. The summed E-state index contributed by atoms with van der Waals surface area (Å²) < 4.78 is 5.64. The summed E-state index contributed by atoms with van der Waals surface area (Å²) >= 11 is 0. The fourth-order valence-corrected chi connectivity index (χ4v) is 2.20. The van der Waals surface area contributed by atoms with Crippen LogP contribution in [-0.4, -0.2) is 25.3 Å². The summed E-state index contributed by atoms with van der Waals surface area (Å²) in [5, 5.41) is 0. The van der Waals surface area contributed by atoms with Crippen LogP contribution in [0.3, 0.4) is 0 Å². The van der Waals surface area contributed by atoms with Crippen molar-refractivity contribution >= 4 is 5.69 Å². The Bertz CT molecular complexity index is 354. The van der Waals surface area contributed by atoms with Gasteiger partial charge in [0.15, 0.2) is 0 Å². The van der Waals surface area contributed by atoms with Crippen LogP contribution in [0.2, 0.25) is 0 Å². The highest BCUT2D eigenvalue weighted by molar-refractivity contribution is 5.54. The lowest BCUT2D eigenvalue weighted by atomic mass is 10.1. The second-order valence-electron chi connectivity index (χ2n) is 4.48. The topological polar surface area (TPSA) is 38.5 Å². The maximum atomic E-state index is 5.78. The maximum Gasteiger partial charge on any atom is 0.0723 e. The third-order valence-electron chi connectivity index (χ3n) is 3.13. The Morgan fingerprint density at radius 2 is 2.12 bits per heavy atom. The van der Waals surface area contributed by atoms with E-state index in [9.17, 15) is 0 Å². The van der Waals surface area contributed by atoms with Gasteiger partial charge in [-0.05, 0) is 25.5 Å². The summed E-state index contributed by atoms with van der Waals surface area (Å²) in [7, 11) is 0. The Kier molecular flexibility index (Phi) is 3.46. The zero-order chi connectivity index (χ0) is 11.5. The van der Waals surface area contributed by atoms with E-state index in [2.05, 4.69) is 36.9 Å². The second-order valence-corrected chi connectivity index (χ2v) is 4.48. The highest BCUT2D eigenvalue weighted by Crippen LogP contribution is 2.25. The van der Waals surface area contributed by atoms with E-state index < -0.39 is 0 Å². The first kappa shape index (κ1) is 11.4. The Morgan fingerprint density at radius 3 is 2.88 bits per heavy atom. The monoisotopic (exact) mass is 220 g/mol. The van der Waals surface area contributed by atoms with Gasteiger partial charge < -0.3 is 15.4 Å². The molecule has 1 aromatic rings. The van der Waals surface area contributed by atoms with Gasteiger partial charge in [-0.1, -0.05) is 18.2 Å². The number of ether oxygens (including phenoxy) is 1. The van der Waals surface area contributed by atoms with Crippen LogP contribution < -0.4 is 10.6 Å². The van der Waals surface area contributed by atoms with E-state index in [-0.39, 0.29) is 0 Å². The lowest BCUT2D eigenvalue weighted by Crippen LogP contribution is -2.47. The number of hydrogen-bond donors (Lipinski definition) is 1. The van der Waals surface area contributed by atoms with Crippen LogP contribution in [0.5, 0.6) is 0 Å². The standard InChI is InChI=1S/C13H20N2O/c1-10-9-16-11(2)8-15(10)13-6-4-3-5-12(13)7-14/h3-6,10-11H,7-9,14H2,1-2H3. The van der Waals surface area contributed by atoms with Gasteiger partial charge in [0.25, 0.3) is 0 Å². The lowest BCUT2D eigenvalue weighted by molar-refractivity contribution is 0.0343. The van der Waals surface area contributed by atoms with Crippen LogP contribution in [0.4, 0.5) is 5.69 Å². The number of hydrogen-bond acceptors (Lipinski definition) is 3. The number of morpholine rings is 1. The van der Waals surface area contributed by atoms with Crippen LogP contribution in [0.1, 0.15) is 19.4 Å². The van der Waals surface area contributed by atoms with Crippen molar-refractivity contribution < 1.29 is 4.74 Å². The molecule has 1 fully saturated rings. The lowest BCUT2D eigenvalue weighted by Gasteiger charge is -2.39. The molecule has 0 amide bonds. The maximum absolute atomic E-state index is 5.78. The molecule has 0 bridgehead atoms. The third-order valence-corrected chi connectivity index (χ3v) is 3.13. The first-order valence-corrected chi connectivity index (χ1v) is 5.88. The van der Waals surface area contributed by atoms with E-state index >= 15 is 0 Å². The fraction of sp³-hybridized carbons (Fsp3) is 0.538. The first-order valence-electron chi connectivity index (χ1n) is 5.88. The summed E-state index contributed by atoms with van der Waals surface area (Å²) in [6, 6.07) is 8.78. The molecule has 16 heavy (non-hydrogen) atoms. The number of para-hydroxylation sites is 1. The quantitative estimate of drug-likeness (QED) is 0.825. The molecule has 88 valence electrons. The highest BCUT2D eigenvalue weighted by Gasteiger charge is 2.24. The summed E-state index contributed by atoms with van der Waals surface area (Å²) in [5.74, 6) is 0. The molecule has 3 heteroatoms. The van der Waals surface area contributed by atoms with E-state index in [4.69, 9.17) is 10.5 Å². The van der Waals surface area contributed by atoms with Gasteiger partial charge in [0.2, 0.25) is 0 Å². The third kappa shape index (κ3) is 2.20. The van der Waals surface area contributed by atoms with Gasteiger partial charge >= 0.3 is 0 Å². The minimum Gasteiger partial charge on any atom is -0.375 e. The minimum atomic E-state index is 0.294. The molecular formula is C13H20N2O. The molecule has 2 unspecified atom stereocenters. The van der Waals surface area contributed by atoms with Crippen molar-refractivity contribution in [2.45, 2.75) is 32.5 Å². The zero-order valence-corrected chi connectivity index (χ0v) is 10.0. The SMILES string of the molecule is CC1CN(c2ccccc2CN)C(C)CO1. The van der Waals surface area contributed by atoms with Gasteiger partial charge in [-0.2, -0.15) is 0 Å². The molecule has 1 saturated heterocycles. The van der Waals surface area contributed by atoms with E-state index in [0.29, 0.717) is 18.7 Å². The fourth-order valence-electron chi connectivity index (χ4n) is 2.20. The number of nitrogens with two attached hydrogens (primary N) is 1. The summed E-state index contributed by atoms with van der Waals surface area (Å²) in [4.78, 5) is 2.40. The number of anilines is 1. The normalized spacial score (nSPS) is 25.8. The Balaban J connectivity index is 2.27.